The molecule has 2 unspecified atom stereocenters. The normalized spacial score (nSPS) is 27.1. The van der Waals surface area contributed by atoms with Gasteiger partial charge in [-0.05, 0) is 93.9 Å². The van der Waals surface area contributed by atoms with E-state index in [0.717, 1.165) is 60.3 Å². The maximum absolute atomic E-state index is 12.8. The molecule has 12 nitrogen and oxygen atoms in total. The van der Waals surface area contributed by atoms with Crippen LogP contribution >= 0.6 is 0 Å². The molecule has 0 radical (unpaired) electrons. The lowest BCUT2D eigenvalue weighted by molar-refractivity contribution is -0.130. The molecule has 3 saturated carbocycles. The first-order valence-electron chi connectivity index (χ1n) is 16.7. The molecule has 3 aliphatic carbocycles. The standard InChI is InChI=1S/C34H45N7O5S/c1-32(2,3)46-31(43)36-22-30(42)40-18-16-39(17-19-40)25-6-5-7-26-24(25)11-15-41(26)29-10-14-35-28(37-29)21-34-20-27(34)33(34)12-8-23(9-13-33)38-47(4,44)45/h5-7,10-11,14-15,23,27,38H,8-9,12-13,16-22H2,1-4H3,(H,36,43). The number of carbonyl (C=O) groups excluding carboxylic acids is 2. The number of hydrogen-bond donors (Lipinski definition) is 2. The predicted molar refractivity (Wildman–Crippen MR) is 179 cm³/mol. The highest BCUT2D eigenvalue weighted by Crippen LogP contribution is 2.92. The molecular formula is C34H45N7O5S. The monoisotopic (exact) mass is 663 g/mol. The van der Waals surface area contributed by atoms with Crippen molar-refractivity contribution in [3.05, 3.63) is 48.5 Å². The van der Waals surface area contributed by atoms with Gasteiger partial charge >= 0.3 is 6.09 Å². The second-order valence-corrected chi connectivity index (χ2v) is 16.6. The Balaban J connectivity index is 0.984. The maximum atomic E-state index is 12.8. The van der Waals surface area contributed by atoms with E-state index in [4.69, 9.17) is 9.72 Å². The van der Waals surface area contributed by atoms with E-state index < -0.39 is 21.7 Å². The van der Waals surface area contributed by atoms with Crippen molar-refractivity contribution in [3.63, 3.8) is 0 Å². The van der Waals surface area contributed by atoms with Gasteiger partial charge in [-0.25, -0.2) is 27.9 Å². The van der Waals surface area contributed by atoms with Gasteiger partial charge in [0.15, 0.2) is 0 Å². The van der Waals surface area contributed by atoms with Crippen LogP contribution in [0.5, 0.6) is 0 Å². The van der Waals surface area contributed by atoms with Gasteiger partial charge in [0, 0.05) is 62.1 Å². The Morgan fingerprint density at radius 3 is 2.49 bits per heavy atom. The largest absolute Gasteiger partial charge is 0.444 e. The number of benzene rings is 1. The van der Waals surface area contributed by atoms with Gasteiger partial charge in [-0.3, -0.25) is 4.79 Å². The maximum Gasteiger partial charge on any atom is 0.408 e. The van der Waals surface area contributed by atoms with Crippen LogP contribution in [0.4, 0.5) is 10.5 Å². The minimum Gasteiger partial charge on any atom is -0.444 e. The van der Waals surface area contributed by atoms with Crippen LogP contribution in [-0.4, -0.2) is 90.5 Å². The van der Waals surface area contributed by atoms with Crippen LogP contribution in [0.3, 0.4) is 0 Å². The summed E-state index contributed by atoms with van der Waals surface area (Å²) in [5.74, 6) is 2.32. The first kappa shape index (κ1) is 31.9. The van der Waals surface area contributed by atoms with Crippen LogP contribution in [0.1, 0.15) is 58.7 Å². The quantitative estimate of drug-likeness (QED) is 0.373. The third-order valence-corrected chi connectivity index (χ3v) is 11.5. The van der Waals surface area contributed by atoms with Gasteiger partial charge in [-0.2, -0.15) is 0 Å². The molecule has 47 heavy (non-hydrogen) atoms. The van der Waals surface area contributed by atoms with Crippen LogP contribution in [0, 0.1) is 16.7 Å². The highest BCUT2D eigenvalue weighted by molar-refractivity contribution is 7.88. The summed E-state index contributed by atoms with van der Waals surface area (Å²) >= 11 is 0. The van der Waals surface area contributed by atoms with Gasteiger partial charge < -0.3 is 24.4 Å². The number of alkyl carbamates (subject to hydrolysis) is 1. The molecule has 4 aliphatic rings. The number of piperazine rings is 1. The van der Waals surface area contributed by atoms with Crippen molar-refractivity contribution in [2.24, 2.45) is 16.7 Å². The zero-order valence-electron chi connectivity index (χ0n) is 27.7. The zero-order valence-corrected chi connectivity index (χ0v) is 28.5. The number of hydrogen-bond acceptors (Lipinski definition) is 8. The molecule has 7 rings (SSSR count). The van der Waals surface area contributed by atoms with E-state index in [-0.39, 0.29) is 23.9 Å². The van der Waals surface area contributed by atoms with Crippen molar-refractivity contribution >= 4 is 38.6 Å². The molecule has 1 spiro atoms. The van der Waals surface area contributed by atoms with Crippen molar-refractivity contribution in [2.75, 3.05) is 43.9 Å². The molecule has 4 fully saturated rings. The molecule has 13 heteroatoms. The summed E-state index contributed by atoms with van der Waals surface area (Å²) in [6.07, 6.45) is 10.6. The van der Waals surface area contributed by atoms with E-state index in [1.807, 2.05) is 12.3 Å². The number of carbonyl (C=O) groups is 2. The van der Waals surface area contributed by atoms with Crippen LogP contribution in [-0.2, 0) is 26.0 Å². The van der Waals surface area contributed by atoms with Crippen molar-refractivity contribution in [3.8, 4) is 5.82 Å². The number of rotatable bonds is 8. The molecule has 2 aromatic heterocycles. The Kier molecular flexibility index (Phi) is 7.78. The lowest BCUT2D eigenvalue weighted by Crippen LogP contribution is -2.51. The summed E-state index contributed by atoms with van der Waals surface area (Å²) in [6, 6.07) is 10.4. The Morgan fingerprint density at radius 1 is 1.06 bits per heavy atom. The summed E-state index contributed by atoms with van der Waals surface area (Å²) in [5.41, 5.74) is 2.19. The molecule has 1 aliphatic heterocycles. The summed E-state index contributed by atoms with van der Waals surface area (Å²) in [6.45, 7) is 7.80. The number of amides is 2. The Labute approximate surface area is 276 Å². The van der Waals surface area contributed by atoms with Crippen LogP contribution < -0.4 is 14.9 Å². The minimum absolute atomic E-state index is 0.0543. The van der Waals surface area contributed by atoms with Gasteiger partial charge in [0.25, 0.3) is 0 Å². The van der Waals surface area contributed by atoms with Crippen LogP contribution in [0.2, 0.25) is 0 Å². The van der Waals surface area contributed by atoms with Crippen molar-refractivity contribution in [1.29, 1.82) is 0 Å². The third-order valence-electron chi connectivity index (χ3n) is 10.8. The summed E-state index contributed by atoms with van der Waals surface area (Å²) in [4.78, 5) is 38.5. The molecular weight excluding hydrogens is 618 g/mol. The third kappa shape index (κ3) is 6.19. The highest BCUT2D eigenvalue weighted by atomic mass is 32.2. The zero-order chi connectivity index (χ0) is 33.2. The van der Waals surface area contributed by atoms with Crippen molar-refractivity contribution in [1.82, 2.24) is 29.5 Å². The van der Waals surface area contributed by atoms with E-state index in [1.54, 1.807) is 25.7 Å². The van der Waals surface area contributed by atoms with Gasteiger partial charge in [-0.15, -0.1) is 0 Å². The van der Waals surface area contributed by atoms with Crippen LogP contribution in [0.25, 0.3) is 16.7 Å². The summed E-state index contributed by atoms with van der Waals surface area (Å²) in [5, 5.41) is 3.69. The first-order chi connectivity index (χ1) is 22.3. The summed E-state index contributed by atoms with van der Waals surface area (Å²) in [7, 11) is -3.18. The van der Waals surface area contributed by atoms with E-state index in [0.29, 0.717) is 37.5 Å². The number of sulfonamides is 1. The van der Waals surface area contributed by atoms with E-state index in [1.165, 1.54) is 12.7 Å². The minimum atomic E-state index is -3.18. The first-order valence-corrected chi connectivity index (χ1v) is 18.6. The molecule has 252 valence electrons. The van der Waals surface area contributed by atoms with E-state index in [9.17, 15) is 18.0 Å². The topological polar surface area (TPSA) is 139 Å². The number of aromatic nitrogens is 3. The van der Waals surface area contributed by atoms with Gasteiger partial charge in [0.05, 0.1) is 11.8 Å². The molecule has 3 heterocycles. The fourth-order valence-electron chi connectivity index (χ4n) is 8.47. The fourth-order valence-corrected chi connectivity index (χ4v) is 9.31. The number of fused-ring (bicyclic) bond motifs is 4. The molecule has 2 atom stereocenters. The Bertz CT molecular complexity index is 1800. The SMILES string of the molecule is CC(C)(C)OC(=O)NCC(=O)N1CCN(c2cccc3c2ccn3-c2ccnc(CC34CC3C43CCC(NS(C)(=O)=O)CC3)n2)CC1. The molecule has 3 aromatic rings. The predicted octanol–water partition coefficient (Wildman–Crippen LogP) is 3.63. The van der Waals surface area contributed by atoms with Gasteiger partial charge in [0.1, 0.15) is 23.8 Å². The molecule has 1 aromatic carbocycles. The van der Waals surface area contributed by atoms with Gasteiger partial charge in [-0.1, -0.05) is 6.07 Å². The highest BCUT2D eigenvalue weighted by Gasteiger charge is 2.87. The number of anilines is 1. The van der Waals surface area contributed by atoms with Crippen molar-refractivity contribution < 1.29 is 22.7 Å². The van der Waals surface area contributed by atoms with Crippen molar-refractivity contribution in [2.45, 2.75) is 70.9 Å². The smallest absolute Gasteiger partial charge is 0.408 e. The average Bonchev–Trinajstić information content (AvgIpc) is 3.79. The lowest BCUT2D eigenvalue weighted by Gasteiger charge is -2.36. The molecule has 2 N–H and O–H groups in total. The molecule has 2 amide bonds. The average molecular weight is 664 g/mol. The number of nitrogens with one attached hydrogen (secondary N) is 2. The number of nitrogens with zero attached hydrogens (tertiary/aromatic N) is 5. The second-order valence-electron chi connectivity index (χ2n) is 14.9. The second kappa shape index (κ2) is 11.5. The van der Waals surface area contributed by atoms with E-state index >= 15 is 0 Å². The Hall–Kier alpha value is -3.71. The number of ether oxygens (including phenoxy) is 1. The Morgan fingerprint density at radius 2 is 1.81 bits per heavy atom. The molecule has 0 bridgehead atoms. The summed E-state index contributed by atoms with van der Waals surface area (Å²) < 4.78 is 33.6. The lowest BCUT2D eigenvalue weighted by atomic mass is 9.73. The van der Waals surface area contributed by atoms with Gasteiger partial charge in [0.2, 0.25) is 15.9 Å². The molecule has 1 saturated heterocycles. The van der Waals surface area contributed by atoms with Crippen LogP contribution in [0.15, 0.2) is 42.7 Å². The fraction of sp³-hybridized carbons (Fsp3) is 0.588. The van der Waals surface area contributed by atoms with E-state index in [2.05, 4.69) is 55.0 Å².